The van der Waals surface area contributed by atoms with Crippen LogP contribution in [-0.2, 0) is 0 Å². The molecule has 126 valence electrons. The molecule has 0 unspecified atom stereocenters. The van der Waals surface area contributed by atoms with E-state index in [1.54, 1.807) is 0 Å². The minimum atomic E-state index is 0.807. The van der Waals surface area contributed by atoms with Crippen LogP contribution < -0.4 is 4.74 Å². The zero-order valence-electron chi connectivity index (χ0n) is 14.8. The van der Waals surface area contributed by atoms with Crippen LogP contribution in [0.4, 0.5) is 0 Å². The topological polar surface area (TPSA) is 22.1 Å². The lowest BCUT2D eigenvalue weighted by Gasteiger charge is -2.10. The van der Waals surface area contributed by atoms with Gasteiger partial charge in [-0.05, 0) is 48.7 Å². The highest BCUT2D eigenvalue weighted by atomic mass is 16.5. The lowest BCUT2D eigenvalue weighted by atomic mass is 10.0. The van der Waals surface area contributed by atoms with Crippen LogP contribution in [0.3, 0.4) is 0 Å². The molecule has 0 aliphatic rings. The van der Waals surface area contributed by atoms with Crippen LogP contribution in [0.25, 0.3) is 22.4 Å². The highest BCUT2D eigenvalue weighted by molar-refractivity contribution is 5.71. The monoisotopic (exact) mass is 329 g/mol. The summed E-state index contributed by atoms with van der Waals surface area (Å²) in [5, 5.41) is 0. The Labute approximate surface area is 149 Å². The summed E-state index contributed by atoms with van der Waals surface area (Å²) in [6.45, 7) is 8.10. The van der Waals surface area contributed by atoms with Crippen LogP contribution in [0, 0.1) is 6.92 Å². The molecule has 0 atom stereocenters. The molecule has 0 fully saturated rings. The molecule has 0 N–H and O–H groups in total. The lowest BCUT2D eigenvalue weighted by Crippen LogP contribution is -1.93. The maximum Gasteiger partial charge on any atom is 0.126 e. The van der Waals surface area contributed by atoms with Crippen LogP contribution >= 0.6 is 0 Å². The van der Waals surface area contributed by atoms with Crippen molar-refractivity contribution in [1.82, 2.24) is 4.98 Å². The van der Waals surface area contributed by atoms with Crippen molar-refractivity contribution in [3.8, 4) is 28.1 Å². The van der Waals surface area contributed by atoms with Gasteiger partial charge in [-0.25, -0.2) is 0 Å². The molecule has 0 saturated heterocycles. The molecule has 2 aromatic carbocycles. The molecule has 0 aliphatic carbocycles. The molecule has 0 radical (unpaired) electrons. The van der Waals surface area contributed by atoms with Gasteiger partial charge in [0.05, 0.1) is 11.5 Å². The van der Waals surface area contributed by atoms with Crippen molar-refractivity contribution < 1.29 is 4.74 Å². The fraction of sp³-hybridized carbons (Fsp3) is 0.174. The Kier molecular flexibility index (Phi) is 5.30. The normalized spacial score (nSPS) is 10.5. The van der Waals surface area contributed by atoms with Gasteiger partial charge in [0, 0.05) is 17.7 Å². The first-order chi connectivity index (χ1) is 12.2. The molecule has 1 heterocycles. The third-order valence-corrected chi connectivity index (χ3v) is 4.00. The highest BCUT2D eigenvalue weighted by Gasteiger charge is 2.06. The van der Waals surface area contributed by atoms with Gasteiger partial charge in [-0.3, -0.25) is 4.98 Å². The second-order valence-electron chi connectivity index (χ2n) is 6.16. The molecule has 3 aromatic rings. The lowest BCUT2D eigenvalue weighted by molar-refractivity contribution is 0.404. The van der Waals surface area contributed by atoms with Crippen molar-refractivity contribution in [2.75, 3.05) is 0 Å². The van der Waals surface area contributed by atoms with Gasteiger partial charge in [-0.15, -0.1) is 0 Å². The molecule has 0 spiro atoms. The summed E-state index contributed by atoms with van der Waals surface area (Å²) in [4.78, 5) is 4.67. The first-order valence-electron chi connectivity index (χ1n) is 8.66. The summed E-state index contributed by atoms with van der Waals surface area (Å²) < 4.78 is 5.76. The van der Waals surface area contributed by atoms with Crippen LogP contribution in [0.15, 0.2) is 79.1 Å². The minimum Gasteiger partial charge on any atom is -0.462 e. The average Bonchev–Trinajstić information content (AvgIpc) is 2.63. The van der Waals surface area contributed by atoms with Gasteiger partial charge in [0.1, 0.15) is 5.75 Å². The predicted octanol–water partition coefficient (Wildman–Crippen LogP) is 6.42. The summed E-state index contributed by atoms with van der Waals surface area (Å²) in [6, 6.07) is 22.7. The SMILES string of the molecule is C=C(CCC)Oc1ccc(-c2cc(C)nc(-c3ccccc3)c2)cc1. The van der Waals surface area contributed by atoms with Crippen molar-refractivity contribution in [1.29, 1.82) is 0 Å². The predicted molar refractivity (Wildman–Crippen MR) is 105 cm³/mol. The van der Waals surface area contributed by atoms with Gasteiger partial charge in [-0.2, -0.15) is 0 Å². The molecule has 25 heavy (non-hydrogen) atoms. The molecule has 2 nitrogen and oxygen atoms in total. The molecule has 0 saturated carbocycles. The van der Waals surface area contributed by atoms with Crippen LogP contribution in [0.2, 0.25) is 0 Å². The Morgan fingerprint density at radius 1 is 0.920 bits per heavy atom. The summed E-state index contributed by atoms with van der Waals surface area (Å²) in [5.74, 6) is 1.64. The number of benzene rings is 2. The van der Waals surface area contributed by atoms with Gasteiger partial charge in [0.25, 0.3) is 0 Å². The number of rotatable bonds is 6. The second kappa shape index (κ2) is 7.80. The molecular weight excluding hydrogens is 306 g/mol. The summed E-state index contributed by atoms with van der Waals surface area (Å²) in [5.41, 5.74) is 5.44. The highest BCUT2D eigenvalue weighted by Crippen LogP contribution is 2.28. The smallest absolute Gasteiger partial charge is 0.126 e. The molecule has 0 aliphatic heterocycles. The number of hydrogen-bond acceptors (Lipinski definition) is 2. The summed E-state index contributed by atoms with van der Waals surface area (Å²) in [6.07, 6.45) is 1.92. The largest absolute Gasteiger partial charge is 0.462 e. The molecule has 2 heteroatoms. The number of hydrogen-bond donors (Lipinski definition) is 0. The van der Waals surface area contributed by atoms with E-state index in [2.05, 4.69) is 54.9 Å². The minimum absolute atomic E-state index is 0.807. The summed E-state index contributed by atoms with van der Waals surface area (Å²) >= 11 is 0. The van der Waals surface area contributed by atoms with E-state index in [9.17, 15) is 0 Å². The molecular formula is C23H23NO. The standard InChI is InChI=1S/C23H23NO/c1-4-8-18(3)25-22-13-11-19(12-14-22)21-15-17(2)24-23(16-21)20-9-6-5-7-10-20/h5-7,9-16H,3-4,8H2,1-2H3. The van der Waals surface area contributed by atoms with E-state index in [1.807, 2.05) is 37.3 Å². The zero-order chi connectivity index (χ0) is 17.6. The van der Waals surface area contributed by atoms with Crippen LogP contribution in [-0.4, -0.2) is 4.98 Å². The second-order valence-corrected chi connectivity index (χ2v) is 6.16. The van der Waals surface area contributed by atoms with Crippen molar-refractivity contribution in [2.45, 2.75) is 26.7 Å². The first-order valence-corrected chi connectivity index (χ1v) is 8.66. The quantitative estimate of drug-likeness (QED) is 0.487. The molecule has 0 amide bonds. The Morgan fingerprint density at radius 3 is 2.32 bits per heavy atom. The van der Waals surface area contributed by atoms with Gasteiger partial charge in [-0.1, -0.05) is 56.0 Å². The van der Waals surface area contributed by atoms with Crippen LogP contribution in [0.1, 0.15) is 25.5 Å². The van der Waals surface area contributed by atoms with E-state index in [0.29, 0.717) is 0 Å². The number of aromatic nitrogens is 1. The fourth-order valence-electron chi connectivity index (χ4n) is 2.80. The van der Waals surface area contributed by atoms with E-state index >= 15 is 0 Å². The van der Waals surface area contributed by atoms with E-state index in [-0.39, 0.29) is 0 Å². The maximum absolute atomic E-state index is 5.76. The number of aryl methyl sites for hydroxylation is 1. The van der Waals surface area contributed by atoms with Crippen molar-refractivity contribution in [3.05, 3.63) is 84.8 Å². The number of nitrogens with zero attached hydrogens (tertiary/aromatic N) is 1. The third kappa shape index (κ3) is 4.36. The van der Waals surface area contributed by atoms with E-state index in [0.717, 1.165) is 52.4 Å². The van der Waals surface area contributed by atoms with E-state index < -0.39 is 0 Å². The van der Waals surface area contributed by atoms with Gasteiger partial charge < -0.3 is 4.74 Å². The van der Waals surface area contributed by atoms with E-state index in [4.69, 9.17) is 4.74 Å². The molecule has 0 bridgehead atoms. The molecule has 1 aromatic heterocycles. The van der Waals surface area contributed by atoms with Gasteiger partial charge in [0.15, 0.2) is 0 Å². The van der Waals surface area contributed by atoms with Crippen molar-refractivity contribution >= 4 is 0 Å². The van der Waals surface area contributed by atoms with Gasteiger partial charge in [0.2, 0.25) is 0 Å². The third-order valence-electron chi connectivity index (χ3n) is 4.00. The summed E-state index contributed by atoms with van der Waals surface area (Å²) in [7, 11) is 0. The Morgan fingerprint density at radius 2 is 1.64 bits per heavy atom. The Balaban J connectivity index is 1.87. The average molecular weight is 329 g/mol. The fourth-order valence-corrected chi connectivity index (χ4v) is 2.80. The van der Waals surface area contributed by atoms with E-state index in [1.165, 1.54) is 0 Å². The Bertz CT molecular complexity index is 851. The number of pyridine rings is 1. The van der Waals surface area contributed by atoms with Gasteiger partial charge >= 0.3 is 0 Å². The number of allylic oxidation sites excluding steroid dienone is 1. The zero-order valence-corrected chi connectivity index (χ0v) is 14.8. The van der Waals surface area contributed by atoms with Crippen LogP contribution in [0.5, 0.6) is 5.75 Å². The van der Waals surface area contributed by atoms with Crippen molar-refractivity contribution in [3.63, 3.8) is 0 Å². The molecule has 3 rings (SSSR count). The Hall–Kier alpha value is -2.87. The van der Waals surface area contributed by atoms with Crippen molar-refractivity contribution in [2.24, 2.45) is 0 Å². The maximum atomic E-state index is 5.76. The first kappa shape index (κ1) is 17.0. The number of ether oxygens (including phenoxy) is 1.